The van der Waals surface area contributed by atoms with E-state index in [1.165, 1.54) is 0 Å². The lowest BCUT2D eigenvalue weighted by Gasteiger charge is -2.07. The molecule has 0 spiro atoms. The van der Waals surface area contributed by atoms with Gasteiger partial charge in [-0.1, -0.05) is 60.7 Å². The number of benzene rings is 2. The van der Waals surface area contributed by atoms with Crippen LogP contribution < -0.4 is 4.74 Å². The van der Waals surface area contributed by atoms with Crippen LogP contribution in [-0.4, -0.2) is 21.5 Å². The van der Waals surface area contributed by atoms with Crippen LogP contribution in [0.25, 0.3) is 28.3 Å². The van der Waals surface area contributed by atoms with Crippen LogP contribution in [0.2, 0.25) is 0 Å². The summed E-state index contributed by atoms with van der Waals surface area (Å²) in [6.45, 7) is 2.04. The van der Waals surface area contributed by atoms with Crippen molar-refractivity contribution >= 4 is 5.65 Å². The van der Waals surface area contributed by atoms with Crippen LogP contribution in [-0.2, 0) is 0 Å². The fourth-order valence-electron chi connectivity index (χ4n) is 2.90. The highest BCUT2D eigenvalue weighted by molar-refractivity contribution is 5.79. The molecular weight excluding hydrogens is 298 g/mol. The van der Waals surface area contributed by atoms with Crippen molar-refractivity contribution < 1.29 is 4.74 Å². The van der Waals surface area contributed by atoms with Crippen molar-refractivity contribution in [3.63, 3.8) is 0 Å². The van der Waals surface area contributed by atoms with Gasteiger partial charge in [0.1, 0.15) is 11.5 Å². The molecule has 0 aliphatic heterocycles. The van der Waals surface area contributed by atoms with Crippen LogP contribution in [0.5, 0.6) is 5.88 Å². The zero-order chi connectivity index (χ0) is 16.5. The molecule has 0 atom stereocenters. The lowest BCUT2D eigenvalue weighted by molar-refractivity contribution is 0.398. The number of hydrogen-bond acceptors (Lipinski definition) is 3. The molecule has 0 N–H and O–H groups in total. The van der Waals surface area contributed by atoms with Gasteiger partial charge in [-0.15, -0.1) is 0 Å². The number of aromatic nitrogens is 3. The summed E-state index contributed by atoms with van der Waals surface area (Å²) < 4.78 is 7.44. The predicted octanol–water partition coefficient (Wildman–Crippen LogP) is 4.38. The summed E-state index contributed by atoms with van der Waals surface area (Å²) in [6.07, 6.45) is 0. The van der Waals surface area contributed by atoms with E-state index < -0.39 is 0 Å². The van der Waals surface area contributed by atoms with Gasteiger partial charge in [-0.2, -0.15) is 4.98 Å². The Balaban J connectivity index is 2.08. The van der Waals surface area contributed by atoms with E-state index in [4.69, 9.17) is 9.72 Å². The molecule has 24 heavy (non-hydrogen) atoms. The first-order valence-corrected chi connectivity index (χ1v) is 7.83. The average Bonchev–Trinajstić information content (AvgIpc) is 3.03. The molecule has 0 unspecified atom stereocenters. The van der Waals surface area contributed by atoms with Crippen LogP contribution >= 0.6 is 0 Å². The Kier molecular flexibility index (Phi) is 3.50. The maximum absolute atomic E-state index is 5.36. The van der Waals surface area contributed by atoms with E-state index in [9.17, 15) is 0 Å². The van der Waals surface area contributed by atoms with Gasteiger partial charge in [0.15, 0.2) is 5.65 Å². The second-order valence-electron chi connectivity index (χ2n) is 5.61. The molecule has 4 heteroatoms. The lowest BCUT2D eigenvalue weighted by Crippen LogP contribution is -1.99. The highest BCUT2D eigenvalue weighted by atomic mass is 16.5. The first kappa shape index (κ1) is 14.5. The van der Waals surface area contributed by atoms with Gasteiger partial charge in [-0.05, 0) is 6.92 Å². The summed E-state index contributed by atoms with van der Waals surface area (Å²) in [5.74, 6) is 1.48. The van der Waals surface area contributed by atoms with Crippen molar-refractivity contribution in [3.05, 3.63) is 72.4 Å². The summed E-state index contributed by atoms with van der Waals surface area (Å²) >= 11 is 0. The van der Waals surface area contributed by atoms with Crippen molar-refractivity contribution in [3.8, 4) is 28.5 Å². The maximum atomic E-state index is 5.36. The molecule has 2 heterocycles. The van der Waals surface area contributed by atoms with Crippen LogP contribution in [0, 0.1) is 6.92 Å². The number of aryl methyl sites for hydroxylation is 1. The molecule has 0 aliphatic carbocycles. The molecule has 0 saturated carbocycles. The molecule has 0 radical (unpaired) electrons. The minimum absolute atomic E-state index is 0.594. The van der Waals surface area contributed by atoms with Gasteiger partial charge in [-0.3, -0.25) is 4.40 Å². The van der Waals surface area contributed by atoms with Crippen molar-refractivity contribution in [2.24, 2.45) is 0 Å². The van der Waals surface area contributed by atoms with E-state index in [0.29, 0.717) is 5.88 Å². The minimum Gasteiger partial charge on any atom is -0.481 e. The van der Waals surface area contributed by atoms with E-state index in [1.54, 1.807) is 7.11 Å². The van der Waals surface area contributed by atoms with E-state index in [-0.39, 0.29) is 0 Å². The van der Waals surface area contributed by atoms with Gasteiger partial charge >= 0.3 is 0 Å². The average molecular weight is 315 g/mol. The Hall–Kier alpha value is -3.14. The molecular formula is C20H17N3O. The van der Waals surface area contributed by atoms with Gasteiger partial charge in [0.05, 0.1) is 7.11 Å². The van der Waals surface area contributed by atoms with Crippen LogP contribution in [0.4, 0.5) is 0 Å². The number of methoxy groups -OCH3 is 1. The standard InChI is InChI=1S/C20H17N3O/c1-14-13-17(24-2)21-20-18(15-9-5-3-6-10-15)22-19(23(14)20)16-11-7-4-8-12-16/h3-13H,1-2H3. The number of fused-ring (bicyclic) bond motifs is 1. The van der Waals surface area contributed by atoms with E-state index in [2.05, 4.69) is 21.5 Å². The third-order valence-electron chi connectivity index (χ3n) is 4.04. The zero-order valence-corrected chi connectivity index (χ0v) is 13.6. The molecule has 4 aromatic rings. The van der Waals surface area contributed by atoms with Gasteiger partial charge < -0.3 is 4.74 Å². The Labute approximate surface area is 140 Å². The first-order valence-electron chi connectivity index (χ1n) is 7.83. The van der Waals surface area contributed by atoms with Crippen molar-refractivity contribution in [1.82, 2.24) is 14.4 Å². The van der Waals surface area contributed by atoms with Gasteiger partial charge in [0.2, 0.25) is 5.88 Å². The van der Waals surface area contributed by atoms with Crippen LogP contribution in [0.3, 0.4) is 0 Å². The number of nitrogens with zero attached hydrogens (tertiary/aromatic N) is 3. The predicted molar refractivity (Wildman–Crippen MR) is 95.1 cm³/mol. The molecule has 0 fully saturated rings. The fourth-order valence-corrected chi connectivity index (χ4v) is 2.90. The fraction of sp³-hybridized carbons (Fsp3) is 0.100. The molecule has 118 valence electrons. The topological polar surface area (TPSA) is 39.4 Å². The maximum Gasteiger partial charge on any atom is 0.216 e. The second-order valence-corrected chi connectivity index (χ2v) is 5.61. The zero-order valence-electron chi connectivity index (χ0n) is 13.6. The second kappa shape index (κ2) is 5.81. The molecule has 4 rings (SSSR count). The normalized spacial score (nSPS) is 10.9. The van der Waals surface area contributed by atoms with Crippen molar-refractivity contribution in [2.75, 3.05) is 7.11 Å². The lowest BCUT2D eigenvalue weighted by atomic mass is 10.1. The minimum atomic E-state index is 0.594. The summed E-state index contributed by atoms with van der Waals surface area (Å²) in [6, 6.07) is 22.2. The van der Waals surface area contributed by atoms with E-state index in [0.717, 1.165) is 34.0 Å². The summed E-state index contributed by atoms with van der Waals surface area (Å²) in [5.41, 5.74) is 4.79. The van der Waals surface area contributed by atoms with Gasteiger partial charge in [-0.25, -0.2) is 4.98 Å². The summed E-state index contributed by atoms with van der Waals surface area (Å²) in [7, 11) is 1.63. The number of imidazole rings is 1. The Morgan fingerprint density at radius 1 is 0.833 bits per heavy atom. The molecule has 0 bridgehead atoms. The Morgan fingerprint density at radius 2 is 1.46 bits per heavy atom. The summed E-state index contributed by atoms with van der Waals surface area (Å²) in [4.78, 5) is 9.57. The molecule has 0 aliphatic rings. The highest BCUT2D eigenvalue weighted by Crippen LogP contribution is 2.31. The molecule has 0 amide bonds. The van der Waals surface area contributed by atoms with Gasteiger partial charge in [0, 0.05) is 22.9 Å². The molecule has 4 nitrogen and oxygen atoms in total. The van der Waals surface area contributed by atoms with Crippen molar-refractivity contribution in [2.45, 2.75) is 6.92 Å². The van der Waals surface area contributed by atoms with Crippen molar-refractivity contribution in [1.29, 1.82) is 0 Å². The molecule has 2 aromatic heterocycles. The van der Waals surface area contributed by atoms with E-state index >= 15 is 0 Å². The number of hydrogen-bond donors (Lipinski definition) is 0. The molecule has 2 aromatic carbocycles. The molecule has 0 saturated heterocycles. The van der Waals surface area contributed by atoms with E-state index in [1.807, 2.05) is 61.5 Å². The monoisotopic (exact) mass is 315 g/mol. The third-order valence-corrected chi connectivity index (χ3v) is 4.04. The first-order chi connectivity index (χ1) is 11.8. The number of ether oxygens (including phenoxy) is 1. The Morgan fingerprint density at radius 3 is 2.08 bits per heavy atom. The largest absolute Gasteiger partial charge is 0.481 e. The SMILES string of the molecule is COc1cc(C)n2c(-c3ccccc3)nc(-c3ccccc3)c2n1. The quantitative estimate of drug-likeness (QED) is 0.563. The smallest absolute Gasteiger partial charge is 0.216 e. The summed E-state index contributed by atoms with van der Waals surface area (Å²) in [5, 5.41) is 0. The highest BCUT2D eigenvalue weighted by Gasteiger charge is 2.18. The van der Waals surface area contributed by atoms with Crippen LogP contribution in [0.1, 0.15) is 5.69 Å². The Bertz CT molecular complexity index is 992. The number of rotatable bonds is 3. The van der Waals surface area contributed by atoms with Gasteiger partial charge in [0.25, 0.3) is 0 Å². The van der Waals surface area contributed by atoms with Crippen LogP contribution in [0.15, 0.2) is 66.7 Å². The third kappa shape index (κ3) is 2.33.